The molecular formula is C14H24N2O. The number of hydrogen-bond donors (Lipinski definition) is 1. The third-order valence-electron chi connectivity index (χ3n) is 3.13. The summed E-state index contributed by atoms with van der Waals surface area (Å²) in [5.41, 5.74) is 7.10. The summed E-state index contributed by atoms with van der Waals surface area (Å²) in [5, 5.41) is 0. The van der Waals surface area contributed by atoms with E-state index >= 15 is 0 Å². The van der Waals surface area contributed by atoms with E-state index in [-0.39, 0.29) is 6.04 Å². The fourth-order valence-electron chi connectivity index (χ4n) is 1.85. The summed E-state index contributed by atoms with van der Waals surface area (Å²) in [5.74, 6) is 1.45. The highest BCUT2D eigenvalue weighted by atomic mass is 16.5. The van der Waals surface area contributed by atoms with Crippen molar-refractivity contribution in [2.24, 2.45) is 11.7 Å². The molecule has 2 unspecified atom stereocenters. The average Bonchev–Trinajstić information content (AvgIpc) is 2.29. The molecule has 0 saturated heterocycles. The Balaban J connectivity index is 2.58. The second-order valence-electron chi connectivity index (χ2n) is 4.84. The minimum absolute atomic E-state index is 0.232. The molecule has 2 atom stereocenters. The molecule has 0 aliphatic carbocycles. The Hall–Kier alpha value is -1.06. The summed E-state index contributed by atoms with van der Waals surface area (Å²) < 4.78 is 5.35. The third-order valence-corrected chi connectivity index (χ3v) is 3.13. The molecule has 0 heterocycles. The van der Waals surface area contributed by atoms with Crippen molar-refractivity contribution in [1.29, 1.82) is 0 Å². The van der Waals surface area contributed by atoms with Crippen LogP contribution in [0.15, 0.2) is 24.3 Å². The lowest BCUT2D eigenvalue weighted by molar-refractivity contribution is 0.258. The van der Waals surface area contributed by atoms with Crippen LogP contribution in [-0.4, -0.2) is 31.6 Å². The molecule has 0 bridgehead atoms. The number of nitrogens with two attached hydrogens (primary N) is 1. The fourth-order valence-corrected chi connectivity index (χ4v) is 1.85. The van der Waals surface area contributed by atoms with Crippen LogP contribution in [0.1, 0.15) is 19.4 Å². The monoisotopic (exact) mass is 236 g/mol. The largest absolute Gasteiger partial charge is 0.496 e. The van der Waals surface area contributed by atoms with Crippen LogP contribution in [0.3, 0.4) is 0 Å². The van der Waals surface area contributed by atoms with E-state index in [1.54, 1.807) is 7.11 Å². The molecule has 3 nitrogen and oxygen atoms in total. The first-order valence-corrected chi connectivity index (χ1v) is 6.10. The summed E-state index contributed by atoms with van der Waals surface area (Å²) in [7, 11) is 3.83. The van der Waals surface area contributed by atoms with Crippen LogP contribution in [0.25, 0.3) is 0 Å². The zero-order valence-electron chi connectivity index (χ0n) is 11.3. The Morgan fingerprint density at radius 3 is 2.53 bits per heavy atom. The van der Waals surface area contributed by atoms with Gasteiger partial charge in [0, 0.05) is 24.7 Å². The Bertz CT molecular complexity index is 339. The van der Waals surface area contributed by atoms with E-state index in [2.05, 4.69) is 31.9 Å². The van der Waals surface area contributed by atoms with Gasteiger partial charge in [0.25, 0.3) is 0 Å². The summed E-state index contributed by atoms with van der Waals surface area (Å²) in [6.45, 7) is 6.13. The maximum absolute atomic E-state index is 5.88. The summed E-state index contributed by atoms with van der Waals surface area (Å²) >= 11 is 0. The average molecular weight is 236 g/mol. The first kappa shape index (κ1) is 14.0. The van der Waals surface area contributed by atoms with Gasteiger partial charge in [0.05, 0.1) is 7.11 Å². The van der Waals surface area contributed by atoms with Gasteiger partial charge in [-0.1, -0.05) is 25.1 Å². The van der Waals surface area contributed by atoms with Crippen molar-refractivity contribution >= 4 is 0 Å². The van der Waals surface area contributed by atoms with Crippen molar-refractivity contribution in [1.82, 2.24) is 4.90 Å². The second-order valence-corrected chi connectivity index (χ2v) is 4.84. The van der Waals surface area contributed by atoms with E-state index in [1.807, 2.05) is 18.2 Å². The number of para-hydroxylation sites is 1. The van der Waals surface area contributed by atoms with Crippen LogP contribution in [0, 0.1) is 5.92 Å². The summed E-state index contributed by atoms with van der Waals surface area (Å²) in [6, 6.07) is 8.37. The van der Waals surface area contributed by atoms with E-state index in [0.29, 0.717) is 5.92 Å². The Kier molecular flexibility index (Phi) is 5.45. The van der Waals surface area contributed by atoms with Crippen molar-refractivity contribution in [3.63, 3.8) is 0 Å². The molecule has 2 N–H and O–H groups in total. The van der Waals surface area contributed by atoms with Gasteiger partial charge < -0.3 is 15.4 Å². The van der Waals surface area contributed by atoms with Gasteiger partial charge in [-0.2, -0.15) is 0 Å². The van der Waals surface area contributed by atoms with Crippen LogP contribution in [0.4, 0.5) is 0 Å². The predicted molar refractivity (Wildman–Crippen MR) is 72.1 cm³/mol. The van der Waals surface area contributed by atoms with Crippen molar-refractivity contribution in [2.75, 3.05) is 20.7 Å². The third kappa shape index (κ3) is 4.36. The number of rotatable bonds is 6. The SMILES string of the molecule is COc1ccccc1CN(C)CC(C)C(C)N. The number of ether oxygens (including phenoxy) is 1. The van der Waals surface area contributed by atoms with Crippen LogP contribution in [-0.2, 0) is 6.54 Å². The highest BCUT2D eigenvalue weighted by Crippen LogP contribution is 2.19. The van der Waals surface area contributed by atoms with Gasteiger partial charge in [0.1, 0.15) is 5.75 Å². The maximum Gasteiger partial charge on any atom is 0.123 e. The molecule has 0 saturated carbocycles. The molecule has 96 valence electrons. The molecule has 3 heteroatoms. The molecule has 1 aromatic carbocycles. The van der Waals surface area contributed by atoms with Crippen LogP contribution in [0.5, 0.6) is 5.75 Å². The van der Waals surface area contributed by atoms with Crippen LogP contribution in [0.2, 0.25) is 0 Å². The number of nitrogens with zero attached hydrogens (tertiary/aromatic N) is 1. The molecule has 0 aliphatic rings. The first-order chi connectivity index (χ1) is 8.04. The molecule has 17 heavy (non-hydrogen) atoms. The van der Waals surface area contributed by atoms with Crippen molar-refractivity contribution < 1.29 is 4.74 Å². The van der Waals surface area contributed by atoms with E-state index < -0.39 is 0 Å². The van der Waals surface area contributed by atoms with Gasteiger partial charge >= 0.3 is 0 Å². The van der Waals surface area contributed by atoms with E-state index in [0.717, 1.165) is 18.8 Å². The minimum atomic E-state index is 0.232. The molecule has 1 rings (SSSR count). The molecule has 0 aliphatic heterocycles. The van der Waals surface area contributed by atoms with Crippen molar-refractivity contribution in [3.8, 4) is 5.75 Å². The highest BCUT2D eigenvalue weighted by molar-refractivity contribution is 5.32. The van der Waals surface area contributed by atoms with E-state index in [4.69, 9.17) is 10.5 Å². The minimum Gasteiger partial charge on any atom is -0.496 e. The summed E-state index contributed by atoms with van der Waals surface area (Å²) in [6.07, 6.45) is 0. The Labute approximate surface area is 105 Å². The quantitative estimate of drug-likeness (QED) is 0.822. The van der Waals surface area contributed by atoms with Gasteiger partial charge in [-0.3, -0.25) is 0 Å². The second kappa shape index (κ2) is 6.62. The molecule has 0 aromatic heterocycles. The van der Waals surface area contributed by atoms with Crippen molar-refractivity contribution in [2.45, 2.75) is 26.4 Å². The number of methoxy groups -OCH3 is 1. The molecule has 0 amide bonds. The van der Waals surface area contributed by atoms with Gasteiger partial charge in [-0.25, -0.2) is 0 Å². The molecule has 1 aromatic rings. The molecular weight excluding hydrogens is 212 g/mol. The van der Waals surface area contributed by atoms with Crippen molar-refractivity contribution in [3.05, 3.63) is 29.8 Å². The van der Waals surface area contributed by atoms with Gasteiger partial charge in [0.15, 0.2) is 0 Å². The van der Waals surface area contributed by atoms with E-state index in [9.17, 15) is 0 Å². The zero-order chi connectivity index (χ0) is 12.8. The first-order valence-electron chi connectivity index (χ1n) is 6.10. The number of hydrogen-bond acceptors (Lipinski definition) is 3. The standard InChI is InChI=1S/C14H24N2O/c1-11(12(2)15)9-16(3)10-13-7-5-6-8-14(13)17-4/h5-8,11-12H,9-10,15H2,1-4H3. The highest BCUT2D eigenvalue weighted by Gasteiger charge is 2.12. The Morgan fingerprint density at radius 1 is 1.29 bits per heavy atom. The zero-order valence-corrected chi connectivity index (χ0v) is 11.3. The lowest BCUT2D eigenvalue weighted by atomic mass is 10.0. The number of benzene rings is 1. The Morgan fingerprint density at radius 2 is 1.94 bits per heavy atom. The maximum atomic E-state index is 5.88. The predicted octanol–water partition coefficient (Wildman–Crippen LogP) is 2.11. The smallest absolute Gasteiger partial charge is 0.123 e. The van der Waals surface area contributed by atoms with Crippen LogP contribution >= 0.6 is 0 Å². The molecule has 0 fully saturated rings. The normalized spacial score (nSPS) is 14.7. The van der Waals surface area contributed by atoms with Gasteiger partial charge in [0.2, 0.25) is 0 Å². The van der Waals surface area contributed by atoms with Gasteiger partial charge in [-0.05, 0) is 26.0 Å². The molecule has 0 spiro atoms. The van der Waals surface area contributed by atoms with Crippen LogP contribution < -0.4 is 10.5 Å². The lowest BCUT2D eigenvalue weighted by Crippen LogP contribution is -2.34. The van der Waals surface area contributed by atoms with Gasteiger partial charge in [-0.15, -0.1) is 0 Å². The fraction of sp³-hybridized carbons (Fsp3) is 0.571. The lowest BCUT2D eigenvalue weighted by Gasteiger charge is -2.24. The summed E-state index contributed by atoms with van der Waals surface area (Å²) in [4.78, 5) is 2.28. The topological polar surface area (TPSA) is 38.5 Å². The van der Waals surface area contributed by atoms with E-state index in [1.165, 1.54) is 5.56 Å². The molecule has 0 radical (unpaired) electrons.